The van der Waals surface area contributed by atoms with E-state index in [9.17, 15) is 0 Å². The second kappa shape index (κ2) is 5.80. The third kappa shape index (κ3) is 3.70. The van der Waals surface area contributed by atoms with E-state index in [1.807, 2.05) is 45.0 Å². The summed E-state index contributed by atoms with van der Waals surface area (Å²) in [4.78, 5) is 8.67. The van der Waals surface area contributed by atoms with Crippen molar-refractivity contribution in [2.24, 2.45) is 0 Å². The highest BCUT2D eigenvalue weighted by molar-refractivity contribution is 6.29. The van der Waals surface area contributed by atoms with E-state index >= 15 is 0 Å². The van der Waals surface area contributed by atoms with Gasteiger partial charge in [0.05, 0.1) is 0 Å². The number of halogens is 1. The van der Waals surface area contributed by atoms with Gasteiger partial charge in [0.25, 0.3) is 0 Å². The van der Waals surface area contributed by atoms with Gasteiger partial charge in [0.2, 0.25) is 5.88 Å². The normalized spacial score (nSPS) is 11.4. The van der Waals surface area contributed by atoms with Crippen LogP contribution in [0, 0.1) is 0 Å². The molecule has 2 rings (SSSR count). The summed E-state index contributed by atoms with van der Waals surface area (Å²) in [6.45, 7) is 8.24. The van der Waals surface area contributed by atoms with Crippen molar-refractivity contribution in [1.29, 1.82) is 0 Å². The summed E-state index contributed by atoms with van der Waals surface area (Å²) in [7, 11) is 0. The number of ether oxygens (including phenoxy) is 1. The molecule has 0 aliphatic rings. The molecule has 0 aliphatic carbocycles. The Morgan fingerprint density at radius 2 is 1.75 bits per heavy atom. The van der Waals surface area contributed by atoms with Gasteiger partial charge in [-0.2, -0.15) is 4.98 Å². The smallest absolute Gasteiger partial charge is 0.224 e. The van der Waals surface area contributed by atoms with Crippen LogP contribution in [0.15, 0.2) is 30.3 Å². The molecule has 20 heavy (non-hydrogen) atoms. The average Bonchev–Trinajstić information content (AvgIpc) is 2.38. The molecule has 0 atom stereocenters. The summed E-state index contributed by atoms with van der Waals surface area (Å²) in [5, 5.41) is 0.394. The molecule has 0 spiro atoms. The van der Waals surface area contributed by atoms with Crippen LogP contribution in [0.3, 0.4) is 0 Å². The van der Waals surface area contributed by atoms with Gasteiger partial charge in [0, 0.05) is 11.5 Å². The molecule has 4 heteroatoms. The highest BCUT2D eigenvalue weighted by Crippen LogP contribution is 2.26. The first kappa shape index (κ1) is 14.8. The minimum Gasteiger partial charge on any atom is -0.439 e. The van der Waals surface area contributed by atoms with Crippen LogP contribution in [0.5, 0.6) is 11.6 Å². The number of hydrogen-bond donors (Lipinski definition) is 0. The Labute approximate surface area is 125 Å². The number of benzene rings is 1. The fourth-order valence-corrected chi connectivity index (χ4v) is 1.87. The van der Waals surface area contributed by atoms with E-state index in [1.165, 1.54) is 5.56 Å². The lowest BCUT2D eigenvalue weighted by atomic mass is 9.96. The summed E-state index contributed by atoms with van der Waals surface area (Å²) in [5.41, 5.74) is 1.10. The van der Waals surface area contributed by atoms with E-state index in [2.05, 4.69) is 16.9 Å². The van der Waals surface area contributed by atoms with Crippen LogP contribution >= 0.6 is 11.6 Å². The number of aryl methyl sites for hydroxylation is 1. The molecule has 0 saturated heterocycles. The molecule has 1 aromatic carbocycles. The number of nitrogens with zero attached hydrogens (tertiary/aromatic N) is 2. The second-order valence-corrected chi connectivity index (χ2v) is 6.09. The maximum Gasteiger partial charge on any atom is 0.224 e. The molecule has 0 radical (unpaired) electrons. The first-order valence-corrected chi connectivity index (χ1v) is 7.08. The zero-order valence-corrected chi connectivity index (χ0v) is 13.0. The van der Waals surface area contributed by atoms with Crippen molar-refractivity contribution in [1.82, 2.24) is 9.97 Å². The SMILES string of the molecule is CCc1ccc(Oc2cc(Cl)nc(C(C)(C)C)n2)cc1. The van der Waals surface area contributed by atoms with Crippen LogP contribution < -0.4 is 4.74 Å². The van der Waals surface area contributed by atoms with E-state index in [-0.39, 0.29) is 5.41 Å². The molecule has 106 valence electrons. The van der Waals surface area contributed by atoms with Crippen molar-refractivity contribution in [2.45, 2.75) is 39.5 Å². The number of hydrogen-bond acceptors (Lipinski definition) is 3. The summed E-state index contributed by atoms with van der Waals surface area (Å²) in [5.74, 6) is 1.89. The van der Waals surface area contributed by atoms with Gasteiger partial charge in [-0.1, -0.05) is 51.4 Å². The molecule has 0 aliphatic heterocycles. The largest absolute Gasteiger partial charge is 0.439 e. The van der Waals surface area contributed by atoms with E-state index in [1.54, 1.807) is 6.07 Å². The van der Waals surface area contributed by atoms with Gasteiger partial charge in [-0.05, 0) is 24.1 Å². The predicted octanol–water partition coefficient (Wildman–Crippen LogP) is 4.78. The van der Waals surface area contributed by atoms with E-state index < -0.39 is 0 Å². The summed E-state index contributed by atoms with van der Waals surface area (Å²) in [6.07, 6.45) is 1.01. The molecular weight excluding hydrogens is 272 g/mol. The Bertz CT molecular complexity index is 588. The van der Waals surface area contributed by atoms with Gasteiger partial charge in [0.1, 0.15) is 16.7 Å². The summed E-state index contributed by atoms with van der Waals surface area (Å²) in [6, 6.07) is 9.59. The molecule has 0 N–H and O–H groups in total. The molecule has 0 bridgehead atoms. The zero-order valence-electron chi connectivity index (χ0n) is 12.3. The fraction of sp³-hybridized carbons (Fsp3) is 0.375. The van der Waals surface area contributed by atoms with Crippen molar-refractivity contribution < 1.29 is 4.74 Å². The van der Waals surface area contributed by atoms with Crippen molar-refractivity contribution in [3.63, 3.8) is 0 Å². The summed E-state index contributed by atoms with van der Waals surface area (Å²) >= 11 is 6.04. The van der Waals surface area contributed by atoms with Gasteiger partial charge in [-0.3, -0.25) is 0 Å². The monoisotopic (exact) mass is 290 g/mol. The van der Waals surface area contributed by atoms with Crippen molar-refractivity contribution in [3.05, 3.63) is 46.9 Å². The van der Waals surface area contributed by atoms with Gasteiger partial charge in [0.15, 0.2) is 0 Å². The summed E-state index contributed by atoms with van der Waals surface area (Å²) < 4.78 is 5.76. The molecule has 3 nitrogen and oxygen atoms in total. The molecule has 2 aromatic rings. The average molecular weight is 291 g/mol. The maximum absolute atomic E-state index is 6.04. The standard InChI is InChI=1S/C16H19ClN2O/c1-5-11-6-8-12(9-7-11)20-14-10-13(17)18-15(19-14)16(2,3)4/h6-10H,5H2,1-4H3. The molecule has 0 amide bonds. The number of rotatable bonds is 3. The van der Waals surface area contributed by atoms with E-state index in [0.717, 1.165) is 12.2 Å². The lowest BCUT2D eigenvalue weighted by molar-refractivity contribution is 0.445. The Kier molecular flexibility index (Phi) is 4.29. The second-order valence-electron chi connectivity index (χ2n) is 5.70. The van der Waals surface area contributed by atoms with Gasteiger partial charge in [-0.25, -0.2) is 4.98 Å². The first-order chi connectivity index (χ1) is 9.38. The molecule has 1 aromatic heterocycles. The third-order valence-electron chi connectivity index (χ3n) is 2.90. The quantitative estimate of drug-likeness (QED) is 0.763. The molecular formula is C16H19ClN2O. The highest BCUT2D eigenvalue weighted by Gasteiger charge is 2.19. The first-order valence-electron chi connectivity index (χ1n) is 6.70. The minimum atomic E-state index is -0.172. The van der Waals surface area contributed by atoms with E-state index in [0.29, 0.717) is 16.9 Å². The Balaban J connectivity index is 2.26. The Hall–Kier alpha value is -1.61. The topological polar surface area (TPSA) is 35.0 Å². The van der Waals surface area contributed by atoms with Crippen molar-refractivity contribution >= 4 is 11.6 Å². The van der Waals surface area contributed by atoms with Crippen LogP contribution in [-0.4, -0.2) is 9.97 Å². The van der Waals surface area contributed by atoms with Crippen molar-refractivity contribution in [3.8, 4) is 11.6 Å². The van der Waals surface area contributed by atoms with Gasteiger partial charge >= 0.3 is 0 Å². The van der Waals surface area contributed by atoms with E-state index in [4.69, 9.17) is 16.3 Å². The van der Waals surface area contributed by atoms with Crippen LogP contribution in [-0.2, 0) is 11.8 Å². The lowest BCUT2D eigenvalue weighted by Crippen LogP contribution is -2.16. The molecule has 0 unspecified atom stereocenters. The zero-order chi connectivity index (χ0) is 14.8. The Morgan fingerprint density at radius 1 is 1.10 bits per heavy atom. The minimum absolute atomic E-state index is 0.172. The lowest BCUT2D eigenvalue weighted by Gasteiger charge is -2.17. The van der Waals surface area contributed by atoms with Gasteiger partial charge in [-0.15, -0.1) is 0 Å². The third-order valence-corrected chi connectivity index (χ3v) is 3.09. The van der Waals surface area contributed by atoms with Crippen LogP contribution in [0.2, 0.25) is 5.15 Å². The highest BCUT2D eigenvalue weighted by atomic mass is 35.5. The molecule has 1 heterocycles. The van der Waals surface area contributed by atoms with Crippen molar-refractivity contribution in [2.75, 3.05) is 0 Å². The molecule has 0 fully saturated rings. The predicted molar refractivity (Wildman–Crippen MR) is 81.6 cm³/mol. The van der Waals surface area contributed by atoms with Crippen LogP contribution in [0.1, 0.15) is 39.1 Å². The maximum atomic E-state index is 6.04. The number of aromatic nitrogens is 2. The Morgan fingerprint density at radius 3 is 2.30 bits per heavy atom. The molecule has 0 saturated carbocycles. The van der Waals surface area contributed by atoms with Gasteiger partial charge < -0.3 is 4.74 Å². The van der Waals surface area contributed by atoms with Crippen LogP contribution in [0.4, 0.5) is 0 Å². The fourth-order valence-electron chi connectivity index (χ4n) is 1.70. The van der Waals surface area contributed by atoms with Crippen LogP contribution in [0.25, 0.3) is 0 Å².